The first kappa shape index (κ1) is 28.0. The molecule has 0 aliphatic rings. The van der Waals surface area contributed by atoms with Gasteiger partial charge in [0.25, 0.3) is 0 Å². The van der Waals surface area contributed by atoms with Crippen molar-refractivity contribution in [2.45, 2.75) is 0 Å². The second-order valence-electron chi connectivity index (χ2n) is 13.4. The standard InChI is InChI=1S/C48H30N2O/c1-2-10-31(11-3-1)34-22-27-39-37-12-4-7-15-43(37)49(45(39)28-34)35-23-18-32(19-24-35)33-20-25-36(26-21-33)50-44-16-8-5-13-38(44)41-29-42-40-14-6-9-17-47(40)51-48(42)30-46(41)50/h1-30H. The van der Waals surface area contributed by atoms with Crippen molar-refractivity contribution in [1.29, 1.82) is 0 Å². The summed E-state index contributed by atoms with van der Waals surface area (Å²) < 4.78 is 11.1. The van der Waals surface area contributed by atoms with Crippen LogP contribution in [0.5, 0.6) is 0 Å². The van der Waals surface area contributed by atoms with Gasteiger partial charge in [0.2, 0.25) is 0 Å². The average Bonchev–Trinajstić information content (AvgIpc) is 3.84. The van der Waals surface area contributed by atoms with Crippen molar-refractivity contribution in [3.8, 4) is 33.6 Å². The van der Waals surface area contributed by atoms with Gasteiger partial charge in [0.1, 0.15) is 11.2 Å². The third kappa shape index (κ3) is 4.25. The van der Waals surface area contributed by atoms with Gasteiger partial charge in [-0.05, 0) is 76.9 Å². The zero-order chi connectivity index (χ0) is 33.5. The van der Waals surface area contributed by atoms with E-state index in [0.29, 0.717) is 0 Å². The van der Waals surface area contributed by atoms with Gasteiger partial charge in [-0.25, -0.2) is 0 Å². The summed E-state index contributed by atoms with van der Waals surface area (Å²) in [6.45, 7) is 0. The lowest BCUT2D eigenvalue weighted by Crippen LogP contribution is -1.95. The number of rotatable bonds is 4. The van der Waals surface area contributed by atoms with E-state index in [4.69, 9.17) is 4.42 Å². The Labute approximate surface area is 293 Å². The second kappa shape index (κ2) is 10.8. The Kier molecular flexibility index (Phi) is 5.96. The van der Waals surface area contributed by atoms with Crippen LogP contribution < -0.4 is 0 Å². The molecule has 51 heavy (non-hydrogen) atoms. The van der Waals surface area contributed by atoms with E-state index in [1.807, 2.05) is 12.1 Å². The van der Waals surface area contributed by atoms with Crippen LogP contribution in [0.4, 0.5) is 0 Å². The first-order valence-corrected chi connectivity index (χ1v) is 17.4. The molecule has 11 aromatic rings. The molecule has 0 radical (unpaired) electrons. The van der Waals surface area contributed by atoms with Gasteiger partial charge in [-0.3, -0.25) is 0 Å². The number of benzene rings is 8. The molecule has 238 valence electrons. The van der Waals surface area contributed by atoms with Gasteiger partial charge in [-0.15, -0.1) is 0 Å². The Hall–Kier alpha value is -6.84. The van der Waals surface area contributed by atoms with Crippen LogP contribution in [-0.2, 0) is 0 Å². The molecule has 0 bridgehead atoms. The first-order valence-electron chi connectivity index (χ1n) is 17.4. The van der Waals surface area contributed by atoms with Crippen LogP contribution in [0.1, 0.15) is 0 Å². The Balaban J connectivity index is 0.996. The number of aromatic nitrogens is 2. The molecular formula is C48H30N2O. The van der Waals surface area contributed by atoms with Crippen molar-refractivity contribution in [1.82, 2.24) is 9.13 Å². The molecule has 0 spiro atoms. The fraction of sp³-hybridized carbons (Fsp3) is 0. The SMILES string of the molecule is c1ccc(-c2ccc3c4ccccc4n(-c4ccc(-c5ccc(-n6c7ccccc7c7cc8c(cc76)oc6ccccc68)cc5)cc4)c3c2)cc1. The summed E-state index contributed by atoms with van der Waals surface area (Å²) in [5.41, 5.74) is 13.6. The maximum absolute atomic E-state index is 6.32. The van der Waals surface area contributed by atoms with Crippen LogP contribution in [-0.4, -0.2) is 9.13 Å². The minimum absolute atomic E-state index is 0.906. The summed E-state index contributed by atoms with van der Waals surface area (Å²) in [5, 5.41) is 7.29. The van der Waals surface area contributed by atoms with Crippen molar-refractivity contribution in [3.05, 3.63) is 182 Å². The Bertz CT molecular complexity index is 3100. The van der Waals surface area contributed by atoms with E-state index < -0.39 is 0 Å². The van der Waals surface area contributed by atoms with Crippen LogP contribution >= 0.6 is 0 Å². The molecule has 0 amide bonds. The number of nitrogens with zero attached hydrogens (tertiary/aromatic N) is 2. The fourth-order valence-electron chi connectivity index (χ4n) is 8.13. The predicted molar refractivity (Wildman–Crippen MR) is 213 cm³/mol. The van der Waals surface area contributed by atoms with E-state index in [9.17, 15) is 0 Å². The molecule has 3 nitrogen and oxygen atoms in total. The molecule has 8 aromatic carbocycles. The Morgan fingerprint density at radius 3 is 1.43 bits per heavy atom. The quantitative estimate of drug-likeness (QED) is 0.186. The summed E-state index contributed by atoms with van der Waals surface area (Å²) in [6, 6.07) is 65.5. The molecule has 0 unspecified atom stereocenters. The largest absolute Gasteiger partial charge is 0.456 e. The first-order chi connectivity index (χ1) is 25.3. The smallest absolute Gasteiger partial charge is 0.137 e. The van der Waals surface area contributed by atoms with Gasteiger partial charge >= 0.3 is 0 Å². The van der Waals surface area contributed by atoms with Gasteiger partial charge in [0.05, 0.1) is 22.1 Å². The zero-order valence-corrected chi connectivity index (χ0v) is 27.6. The van der Waals surface area contributed by atoms with E-state index in [2.05, 4.69) is 179 Å². The van der Waals surface area contributed by atoms with Crippen molar-refractivity contribution in [3.63, 3.8) is 0 Å². The summed E-state index contributed by atoms with van der Waals surface area (Å²) in [5.74, 6) is 0. The predicted octanol–water partition coefficient (Wildman–Crippen LogP) is 13.1. The van der Waals surface area contributed by atoms with E-state index in [1.165, 1.54) is 60.3 Å². The average molecular weight is 651 g/mol. The molecule has 0 saturated carbocycles. The highest BCUT2D eigenvalue weighted by atomic mass is 16.3. The van der Waals surface area contributed by atoms with Crippen LogP contribution in [0.15, 0.2) is 186 Å². The Morgan fingerprint density at radius 2 is 0.765 bits per heavy atom. The number of para-hydroxylation sites is 3. The molecular weight excluding hydrogens is 621 g/mol. The highest BCUT2D eigenvalue weighted by molar-refractivity contribution is 6.17. The van der Waals surface area contributed by atoms with Gasteiger partial charge < -0.3 is 13.6 Å². The second-order valence-corrected chi connectivity index (χ2v) is 13.4. The molecule has 3 aromatic heterocycles. The van der Waals surface area contributed by atoms with Gasteiger partial charge in [0, 0.05) is 49.8 Å². The van der Waals surface area contributed by atoms with E-state index in [1.54, 1.807) is 0 Å². The lowest BCUT2D eigenvalue weighted by molar-refractivity contribution is 0.669. The molecule has 0 fully saturated rings. The normalized spacial score (nSPS) is 11.9. The third-order valence-electron chi connectivity index (χ3n) is 10.5. The van der Waals surface area contributed by atoms with Crippen LogP contribution in [0, 0.1) is 0 Å². The minimum Gasteiger partial charge on any atom is -0.456 e. The molecule has 0 aliphatic heterocycles. The maximum Gasteiger partial charge on any atom is 0.137 e. The number of fused-ring (bicyclic) bond motifs is 9. The maximum atomic E-state index is 6.32. The van der Waals surface area contributed by atoms with Crippen LogP contribution in [0.25, 0.3) is 99.2 Å². The highest BCUT2D eigenvalue weighted by Crippen LogP contribution is 2.39. The molecule has 0 N–H and O–H groups in total. The summed E-state index contributed by atoms with van der Waals surface area (Å²) >= 11 is 0. The van der Waals surface area contributed by atoms with Gasteiger partial charge in [0.15, 0.2) is 0 Å². The lowest BCUT2D eigenvalue weighted by atomic mass is 10.0. The minimum atomic E-state index is 0.906. The third-order valence-corrected chi connectivity index (χ3v) is 10.5. The number of hydrogen-bond donors (Lipinski definition) is 0. The van der Waals surface area contributed by atoms with Crippen molar-refractivity contribution in [2.24, 2.45) is 0 Å². The van der Waals surface area contributed by atoms with Crippen molar-refractivity contribution >= 4 is 65.6 Å². The van der Waals surface area contributed by atoms with Crippen molar-refractivity contribution in [2.75, 3.05) is 0 Å². The Morgan fingerprint density at radius 1 is 0.275 bits per heavy atom. The molecule has 3 heterocycles. The molecule has 0 saturated heterocycles. The zero-order valence-electron chi connectivity index (χ0n) is 27.6. The highest BCUT2D eigenvalue weighted by Gasteiger charge is 2.17. The van der Waals surface area contributed by atoms with Crippen LogP contribution in [0.3, 0.4) is 0 Å². The van der Waals surface area contributed by atoms with Gasteiger partial charge in [-0.1, -0.05) is 121 Å². The molecule has 0 aliphatic carbocycles. The number of hydrogen-bond acceptors (Lipinski definition) is 1. The van der Waals surface area contributed by atoms with Crippen LogP contribution in [0.2, 0.25) is 0 Å². The topological polar surface area (TPSA) is 23.0 Å². The van der Waals surface area contributed by atoms with E-state index in [0.717, 1.165) is 38.8 Å². The lowest BCUT2D eigenvalue weighted by Gasteiger charge is -2.11. The monoisotopic (exact) mass is 650 g/mol. The summed E-state index contributed by atoms with van der Waals surface area (Å²) in [6.07, 6.45) is 0. The van der Waals surface area contributed by atoms with Crippen molar-refractivity contribution < 1.29 is 4.42 Å². The molecule has 11 rings (SSSR count). The fourth-order valence-corrected chi connectivity index (χ4v) is 8.13. The summed E-state index contributed by atoms with van der Waals surface area (Å²) in [7, 11) is 0. The number of furan rings is 1. The molecule has 3 heteroatoms. The van der Waals surface area contributed by atoms with Gasteiger partial charge in [-0.2, -0.15) is 0 Å². The van der Waals surface area contributed by atoms with E-state index in [-0.39, 0.29) is 0 Å². The summed E-state index contributed by atoms with van der Waals surface area (Å²) in [4.78, 5) is 0. The van der Waals surface area contributed by atoms with E-state index >= 15 is 0 Å². The molecule has 0 atom stereocenters.